The van der Waals surface area contributed by atoms with Crippen molar-refractivity contribution in [2.45, 2.75) is 32.6 Å². The third-order valence-electron chi connectivity index (χ3n) is 4.26. The van der Waals surface area contributed by atoms with Gasteiger partial charge in [-0.2, -0.15) is 0 Å². The molecule has 0 aromatic carbocycles. The summed E-state index contributed by atoms with van der Waals surface area (Å²) in [4.78, 5) is 15.9. The van der Waals surface area contributed by atoms with Gasteiger partial charge in [0.2, 0.25) is 5.91 Å². The van der Waals surface area contributed by atoms with E-state index in [2.05, 4.69) is 15.1 Å². The fourth-order valence-electron chi connectivity index (χ4n) is 3.14. The van der Waals surface area contributed by atoms with E-state index < -0.39 is 0 Å². The average molecular weight is 253 g/mol. The van der Waals surface area contributed by atoms with Crippen molar-refractivity contribution in [1.82, 2.24) is 15.1 Å². The van der Waals surface area contributed by atoms with Crippen LogP contribution in [0.3, 0.4) is 0 Å². The highest BCUT2D eigenvalue weighted by atomic mass is 16.1. The molecule has 1 aliphatic heterocycles. The van der Waals surface area contributed by atoms with E-state index in [-0.39, 0.29) is 5.91 Å². The zero-order chi connectivity index (χ0) is 12.8. The van der Waals surface area contributed by atoms with Crippen LogP contribution in [0, 0.1) is 5.92 Å². The summed E-state index contributed by atoms with van der Waals surface area (Å²) in [6.45, 7) is 9.42. The molecule has 0 spiro atoms. The van der Waals surface area contributed by atoms with Crippen molar-refractivity contribution in [1.29, 1.82) is 0 Å². The van der Waals surface area contributed by atoms with Crippen LogP contribution in [0.25, 0.3) is 0 Å². The van der Waals surface area contributed by atoms with Crippen molar-refractivity contribution >= 4 is 5.91 Å². The third-order valence-corrected chi connectivity index (χ3v) is 4.26. The fourth-order valence-corrected chi connectivity index (χ4v) is 3.14. The Hall–Kier alpha value is -0.610. The molecule has 0 bridgehead atoms. The van der Waals surface area contributed by atoms with Crippen LogP contribution >= 0.6 is 0 Å². The van der Waals surface area contributed by atoms with Crippen LogP contribution in [0.4, 0.5) is 0 Å². The van der Waals surface area contributed by atoms with Gasteiger partial charge in [-0.05, 0) is 18.8 Å². The minimum absolute atomic E-state index is 0.0786. The molecule has 1 N–H and O–H groups in total. The summed E-state index contributed by atoms with van der Waals surface area (Å²) in [7, 11) is 0. The highest BCUT2D eigenvalue weighted by molar-refractivity contribution is 5.72. The second-order valence-corrected chi connectivity index (χ2v) is 5.78. The summed E-state index contributed by atoms with van der Waals surface area (Å²) >= 11 is 0. The molecule has 1 heterocycles. The Kier molecular flexibility index (Phi) is 5.45. The van der Waals surface area contributed by atoms with Gasteiger partial charge < -0.3 is 10.2 Å². The highest BCUT2D eigenvalue weighted by Gasteiger charge is 2.21. The zero-order valence-electron chi connectivity index (χ0n) is 11.7. The number of carbonyl (C=O) groups excluding carboxylic acids is 1. The third kappa shape index (κ3) is 4.58. The predicted octanol–water partition coefficient (Wildman–Crippen LogP) is 0.930. The first-order valence-corrected chi connectivity index (χ1v) is 7.43. The summed E-state index contributed by atoms with van der Waals surface area (Å²) in [5.41, 5.74) is 0. The lowest BCUT2D eigenvalue weighted by molar-refractivity contribution is -0.119. The molecule has 18 heavy (non-hydrogen) atoms. The fraction of sp³-hybridized carbons (Fsp3) is 0.929. The number of nitrogens with zero attached hydrogens (tertiary/aromatic N) is 2. The van der Waals surface area contributed by atoms with E-state index in [0.717, 1.165) is 32.1 Å². The molecular weight excluding hydrogens is 226 g/mol. The molecule has 1 saturated carbocycles. The Morgan fingerprint density at radius 2 is 1.72 bits per heavy atom. The quantitative estimate of drug-likeness (QED) is 0.792. The maximum atomic E-state index is 10.8. The molecule has 104 valence electrons. The molecule has 1 saturated heterocycles. The molecule has 1 aliphatic carbocycles. The zero-order valence-corrected chi connectivity index (χ0v) is 11.7. The van der Waals surface area contributed by atoms with Crippen LogP contribution in [0.2, 0.25) is 0 Å². The lowest BCUT2D eigenvalue weighted by atomic mass is 10.1. The number of nitrogens with one attached hydrogen (secondary N) is 1. The van der Waals surface area contributed by atoms with Gasteiger partial charge in [0.25, 0.3) is 0 Å². The summed E-state index contributed by atoms with van der Waals surface area (Å²) < 4.78 is 0. The van der Waals surface area contributed by atoms with Gasteiger partial charge in [0, 0.05) is 52.7 Å². The summed E-state index contributed by atoms with van der Waals surface area (Å²) in [5, 5.41) is 2.87. The number of rotatable bonds is 5. The number of hydrogen-bond donors (Lipinski definition) is 1. The van der Waals surface area contributed by atoms with Crippen LogP contribution in [0.1, 0.15) is 32.6 Å². The van der Waals surface area contributed by atoms with Crippen LogP contribution in [0.15, 0.2) is 0 Å². The van der Waals surface area contributed by atoms with Crippen LogP contribution in [-0.2, 0) is 4.79 Å². The first-order valence-electron chi connectivity index (χ1n) is 7.43. The van der Waals surface area contributed by atoms with E-state index >= 15 is 0 Å². The molecule has 0 aromatic heterocycles. The van der Waals surface area contributed by atoms with Crippen molar-refractivity contribution in [3.05, 3.63) is 0 Å². The number of hydrogen-bond acceptors (Lipinski definition) is 3. The van der Waals surface area contributed by atoms with E-state index in [0.29, 0.717) is 0 Å². The van der Waals surface area contributed by atoms with E-state index in [4.69, 9.17) is 0 Å². The van der Waals surface area contributed by atoms with Crippen LogP contribution in [0.5, 0.6) is 0 Å². The van der Waals surface area contributed by atoms with Crippen molar-refractivity contribution in [2.24, 2.45) is 5.92 Å². The largest absolute Gasteiger partial charge is 0.355 e. The Balaban J connectivity index is 1.57. The standard InChI is InChI=1S/C14H27N3O/c1-13(18)15-6-7-16-8-10-17(11-9-16)12-14-4-2-3-5-14/h14H,2-12H2,1H3,(H,15,18). The minimum atomic E-state index is 0.0786. The van der Waals surface area contributed by atoms with Crippen molar-refractivity contribution in [3.63, 3.8) is 0 Å². The molecule has 2 fully saturated rings. The second-order valence-electron chi connectivity index (χ2n) is 5.78. The number of piperazine rings is 1. The molecular formula is C14H27N3O. The monoisotopic (exact) mass is 253 g/mol. The first-order chi connectivity index (χ1) is 8.74. The van der Waals surface area contributed by atoms with Gasteiger partial charge in [-0.15, -0.1) is 0 Å². The van der Waals surface area contributed by atoms with Gasteiger partial charge in [-0.3, -0.25) is 9.69 Å². The lowest BCUT2D eigenvalue weighted by Gasteiger charge is -2.35. The second kappa shape index (κ2) is 7.10. The topological polar surface area (TPSA) is 35.6 Å². The van der Waals surface area contributed by atoms with E-state index in [9.17, 15) is 4.79 Å². The van der Waals surface area contributed by atoms with Crippen molar-refractivity contribution < 1.29 is 4.79 Å². The Bertz CT molecular complexity index is 256. The number of amides is 1. The Morgan fingerprint density at radius 3 is 2.33 bits per heavy atom. The van der Waals surface area contributed by atoms with Crippen molar-refractivity contribution in [2.75, 3.05) is 45.8 Å². The Morgan fingerprint density at radius 1 is 1.11 bits per heavy atom. The molecule has 1 amide bonds. The molecule has 2 aliphatic rings. The molecule has 2 rings (SSSR count). The number of carbonyl (C=O) groups is 1. The van der Waals surface area contributed by atoms with Gasteiger partial charge in [-0.25, -0.2) is 0 Å². The molecule has 0 unspecified atom stereocenters. The summed E-state index contributed by atoms with van der Waals surface area (Å²) in [6, 6.07) is 0. The first kappa shape index (κ1) is 13.8. The van der Waals surface area contributed by atoms with Crippen molar-refractivity contribution in [3.8, 4) is 0 Å². The van der Waals surface area contributed by atoms with E-state index in [1.54, 1.807) is 6.92 Å². The van der Waals surface area contributed by atoms with E-state index in [1.165, 1.54) is 45.3 Å². The predicted molar refractivity (Wildman–Crippen MR) is 73.5 cm³/mol. The molecule has 4 heteroatoms. The van der Waals surface area contributed by atoms with Crippen LogP contribution < -0.4 is 5.32 Å². The maximum Gasteiger partial charge on any atom is 0.216 e. The van der Waals surface area contributed by atoms with Crippen LogP contribution in [-0.4, -0.2) is 61.5 Å². The van der Waals surface area contributed by atoms with Gasteiger partial charge in [0.05, 0.1) is 0 Å². The van der Waals surface area contributed by atoms with Gasteiger partial charge in [0.1, 0.15) is 0 Å². The normalized spacial score (nSPS) is 23.4. The van der Waals surface area contributed by atoms with Gasteiger partial charge >= 0.3 is 0 Å². The molecule has 0 atom stereocenters. The Labute approximate surface area is 111 Å². The van der Waals surface area contributed by atoms with E-state index in [1.807, 2.05) is 0 Å². The smallest absolute Gasteiger partial charge is 0.216 e. The highest BCUT2D eigenvalue weighted by Crippen LogP contribution is 2.25. The summed E-state index contributed by atoms with van der Waals surface area (Å²) in [6.07, 6.45) is 5.79. The average Bonchev–Trinajstić information content (AvgIpc) is 2.84. The summed E-state index contributed by atoms with van der Waals surface area (Å²) in [5.74, 6) is 1.05. The maximum absolute atomic E-state index is 10.8. The molecule has 0 radical (unpaired) electrons. The van der Waals surface area contributed by atoms with Gasteiger partial charge in [-0.1, -0.05) is 12.8 Å². The SMILES string of the molecule is CC(=O)NCCN1CCN(CC2CCCC2)CC1. The minimum Gasteiger partial charge on any atom is -0.355 e. The van der Waals surface area contributed by atoms with Gasteiger partial charge in [0.15, 0.2) is 0 Å². The lowest BCUT2D eigenvalue weighted by Crippen LogP contribution is -2.49. The molecule has 4 nitrogen and oxygen atoms in total. The molecule has 0 aromatic rings.